The van der Waals surface area contributed by atoms with Crippen molar-refractivity contribution >= 4 is 78.6 Å². The highest BCUT2D eigenvalue weighted by atomic mass is 79.9. The van der Waals surface area contributed by atoms with Crippen LogP contribution in [0.1, 0.15) is 36.9 Å². The number of hydrogen-bond acceptors (Lipinski definition) is 8. The quantitative estimate of drug-likeness (QED) is 0.210. The first-order valence-corrected chi connectivity index (χ1v) is 17.7. The van der Waals surface area contributed by atoms with Gasteiger partial charge in [-0.25, -0.2) is 9.88 Å². The number of fused-ring (bicyclic) bond motifs is 4. The van der Waals surface area contributed by atoms with E-state index in [9.17, 15) is 37.5 Å². The average Bonchev–Trinajstić information content (AvgIpc) is 3.46. The summed E-state index contributed by atoms with van der Waals surface area (Å²) in [7, 11) is 2.61. The number of benzene rings is 2. The van der Waals surface area contributed by atoms with E-state index in [-0.39, 0.29) is 33.8 Å². The predicted octanol–water partition coefficient (Wildman–Crippen LogP) is 7.28. The van der Waals surface area contributed by atoms with Crippen LogP contribution in [0.5, 0.6) is 11.5 Å². The number of aromatic nitrogens is 1. The summed E-state index contributed by atoms with van der Waals surface area (Å²) in [5.41, 5.74) is -1.11. The largest absolute Gasteiger partial charge is 0.503 e. The molecular weight excluding hydrogens is 825 g/mol. The van der Waals surface area contributed by atoms with Gasteiger partial charge in [0.05, 0.1) is 45.5 Å². The second-order valence-electron chi connectivity index (χ2n) is 13.2. The molecule has 3 heterocycles. The van der Waals surface area contributed by atoms with E-state index in [1.807, 2.05) is 6.08 Å². The molecule has 4 aliphatic rings. The molecule has 0 unspecified atom stereocenters. The molecule has 2 aromatic carbocycles. The fourth-order valence-corrected chi connectivity index (χ4v) is 9.53. The zero-order valence-electron chi connectivity index (χ0n) is 27.0. The van der Waals surface area contributed by atoms with Gasteiger partial charge in [-0.2, -0.15) is 18.2 Å². The van der Waals surface area contributed by atoms with Gasteiger partial charge in [0, 0.05) is 17.4 Å². The van der Waals surface area contributed by atoms with Crippen molar-refractivity contribution in [1.29, 1.82) is 0 Å². The van der Waals surface area contributed by atoms with Crippen molar-refractivity contribution in [2.75, 3.05) is 24.1 Å². The fourth-order valence-electron chi connectivity index (χ4n) is 8.35. The maximum Gasteiger partial charge on any atom is 0.433 e. The van der Waals surface area contributed by atoms with E-state index in [1.165, 1.54) is 14.2 Å². The lowest BCUT2D eigenvalue weighted by atomic mass is 9.51. The molecule has 266 valence electrons. The monoisotopic (exact) mass is 850 g/mol. The number of ether oxygens (including phenoxy) is 1. The van der Waals surface area contributed by atoms with Crippen molar-refractivity contribution in [3.8, 4) is 11.5 Å². The SMILES string of the molecule is COc1cc([C@H]2C3=CC[C@@H]4C(=O)N(N(C)c5nc(C(F)(F)F)ccc5Cl)C(=O)[C@@H]4[C@@H]3C[C@H]3C(=O)N(c4ccccc4)C(=O)[C@@]23C)c(Br)c(Br)c1O. The van der Waals surface area contributed by atoms with Gasteiger partial charge in [-0.3, -0.25) is 24.2 Å². The normalized spacial score (nSPS) is 27.3. The molecule has 16 heteroatoms. The number of hydrogen-bond donors (Lipinski definition) is 1. The van der Waals surface area contributed by atoms with Gasteiger partial charge in [-0.15, -0.1) is 0 Å². The fraction of sp³-hybridized carbons (Fsp3) is 0.343. The Morgan fingerprint density at radius 3 is 2.35 bits per heavy atom. The highest BCUT2D eigenvalue weighted by Gasteiger charge is 2.68. The van der Waals surface area contributed by atoms with Crippen LogP contribution in [0.25, 0.3) is 0 Å². The molecule has 7 rings (SSSR count). The zero-order valence-corrected chi connectivity index (χ0v) is 31.0. The molecule has 3 aromatic rings. The third-order valence-electron chi connectivity index (χ3n) is 10.7. The molecule has 51 heavy (non-hydrogen) atoms. The van der Waals surface area contributed by atoms with Gasteiger partial charge >= 0.3 is 6.18 Å². The molecule has 3 fully saturated rings. The number of halogens is 6. The number of aromatic hydroxyl groups is 1. The molecule has 0 radical (unpaired) electrons. The Labute approximate surface area is 311 Å². The summed E-state index contributed by atoms with van der Waals surface area (Å²) < 4.78 is 46.9. The van der Waals surface area contributed by atoms with Gasteiger partial charge in [0.15, 0.2) is 17.3 Å². The Morgan fingerprint density at radius 2 is 1.71 bits per heavy atom. The van der Waals surface area contributed by atoms with E-state index in [0.29, 0.717) is 27.4 Å². The molecule has 2 saturated heterocycles. The first-order valence-electron chi connectivity index (χ1n) is 15.8. The standard InChI is InChI=1S/C35H28Br2ClF3N4O6/c1-34-20(31(48)44(33(34)50)15-7-5-4-6-8-15)13-18-16(25(34)19-14-22(51-3)28(46)27(37)26(19)36)9-10-17-24(18)32(49)45(30(17)47)43(2)29-21(38)11-12-23(42-29)35(39,40)41/h4-9,11-12,14,17-18,20,24-25,46H,10,13H2,1-3H3/t17-,18+,20-,24-,25+,34+/m0/s1. The number of para-hydroxylation sites is 1. The first kappa shape index (κ1) is 35.5. The van der Waals surface area contributed by atoms with Gasteiger partial charge in [0.1, 0.15) is 5.69 Å². The van der Waals surface area contributed by atoms with Crippen LogP contribution >= 0.6 is 43.5 Å². The van der Waals surface area contributed by atoms with Gasteiger partial charge in [0.25, 0.3) is 11.8 Å². The van der Waals surface area contributed by atoms with Gasteiger partial charge < -0.3 is 9.84 Å². The summed E-state index contributed by atoms with van der Waals surface area (Å²) in [5.74, 6) is -7.26. The number of carbonyl (C=O) groups is 4. The lowest BCUT2D eigenvalue weighted by Crippen LogP contribution is -2.49. The van der Waals surface area contributed by atoms with E-state index >= 15 is 0 Å². The number of phenols is 1. The number of amides is 4. The van der Waals surface area contributed by atoms with Crippen molar-refractivity contribution in [3.05, 3.63) is 85.4 Å². The van der Waals surface area contributed by atoms with Crippen molar-refractivity contribution in [3.63, 3.8) is 0 Å². The van der Waals surface area contributed by atoms with Gasteiger partial charge in [0.2, 0.25) is 11.8 Å². The number of imide groups is 2. The number of phenolic OH excluding ortho intramolecular Hbond substituents is 1. The number of allylic oxidation sites excluding steroid dienone is 2. The number of nitrogens with zero attached hydrogens (tertiary/aromatic N) is 4. The third-order valence-corrected chi connectivity index (χ3v) is 13.1. The molecule has 0 spiro atoms. The van der Waals surface area contributed by atoms with Crippen LogP contribution in [0.2, 0.25) is 5.02 Å². The minimum absolute atomic E-state index is 0.0427. The lowest BCUT2D eigenvalue weighted by molar-refractivity contribution is -0.141. The van der Waals surface area contributed by atoms with E-state index in [2.05, 4.69) is 36.8 Å². The summed E-state index contributed by atoms with van der Waals surface area (Å²) in [6.07, 6.45) is -2.87. The number of methoxy groups -OCH3 is 1. The maximum absolute atomic E-state index is 14.7. The Balaban J connectivity index is 1.36. The molecule has 4 amide bonds. The Bertz CT molecular complexity index is 2070. The van der Waals surface area contributed by atoms with Crippen LogP contribution in [0.15, 0.2) is 69.1 Å². The highest BCUT2D eigenvalue weighted by molar-refractivity contribution is 9.13. The van der Waals surface area contributed by atoms with Crippen molar-refractivity contribution < 1.29 is 42.2 Å². The number of anilines is 2. The minimum Gasteiger partial charge on any atom is -0.503 e. The number of hydrazine groups is 1. The third kappa shape index (κ3) is 5.12. The van der Waals surface area contributed by atoms with Gasteiger partial charge in [-0.05, 0) is 93.4 Å². The van der Waals surface area contributed by atoms with Crippen molar-refractivity contribution in [1.82, 2.24) is 9.99 Å². The molecule has 1 saturated carbocycles. The van der Waals surface area contributed by atoms with Crippen LogP contribution in [-0.4, -0.2) is 52.9 Å². The summed E-state index contributed by atoms with van der Waals surface area (Å²) >= 11 is 13.3. The molecular formula is C35H28Br2ClF3N4O6. The molecule has 6 atom stereocenters. The lowest BCUT2D eigenvalue weighted by Gasteiger charge is -2.49. The first-order chi connectivity index (χ1) is 24.0. The summed E-state index contributed by atoms with van der Waals surface area (Å²) in [4.78, 5) is 62.3. The number of rotatable bonds is 5. The van der Waals surface area contributed by atoms with Crippen LogP contribution in [0.3, 0.4) is 0 Å². The Kier molecular flexibility index (Phi) is 8.57. The maximum atomic E-state index is 14.7. The zero-order chi connectivity index (χ0) is 36.9. The van der Waals surface area contributed by atoms with Crippen LogP contribution < -0.4 is 14.6 Å². The molecule has 1 N–H and O–H groups in total. The number of alkyl halides is 3. The van der Waals surface area contributed by atoms with E-state index < -0.39 is 76.3 Å². The molecule has 2 aliphatic heterocycles. The minimum atomic E-state index is -4.81. The van der Waals surface area contributed by atoms with Crippen LogP contribution in [0.4, 0.5) is 24.7 Å². The van der Waals surface area contributed by atoms with E-state index in [4.69, 9.17) is 16.3 Å². The summed E-state index contributed by atoms with van der Waals surface area (Å²) in [5, 5.41) is 12.3. The number of pyridine rings is 1. The smallest absolute Gasteiger partial charge is 0.433 e. The van der Waals surface area contributed by atoms with E-state index in [1.54, 1.807) is 43.3 Å². The van der Waals surface area contributed by atoms with Crippen LogP contribution in [0, 0.1) is 29.1 Å². The molecule has 10 nitrogen and oxygen atoms in total. The average molecular weight is 853 g/mol. The second kappa shape index (κ2) is 12.3. The van der Waals surface area contributed by atoms with Crippen molar-refractivity contribution in [2.24, 2.45) is 29.1 Å². The molecule has 1 aromatic heterocycles. The summed E-state index contributed by atoms with van der Waals surface area (Å²) in [6, 6.07) is 11.8. The van der Waals surface area contributed by atoms with Gasteiger partial charge in [-0.1, -0.05) is 41.4 Å². The van der Waals surface area contributed by atoms with E-state index in [0.717, 1.165) is 21.0 Å². The Morgan fingerprint density at radius 1 is 1.02 bits per heavy atom. The highest BCUT2D eigenvalue weighted by Crippen LogP contribution is 2.65. The number of carbonyl (C=O) groups excluding carboxylic acids is 4. The summed E-state index contributed by atoms with van der Waals surface area (Å²) in [6.45, 7) is 1.72. The molecule has 2 aliphatic carbocycles. The predicted molar refractivity (Wildman–Crippen MR) is 186 cm³/mol. The van der Waals surface area contributed by atoms with Crippen molar-refractivity contribution in [2.45, 2.75) is 31.9 Å². The Hall–Kier alpha value is -3.95. The molecule has 0 bridgehead atoms. The second-order valence-corrected chi connectivity index (χ2v) is 15.1. The van der Waals surface area contributed by atoms with Crippen LogP contribution in [-0.2, 0) is 25.4 Å². The topological polar surface area (TPSA) is 120 Å².